The summed E-state index contributed by atoms with van der Waals surface area (Å²) < 4.78 is 25.2. The van der Waals surface area contributed by atoms with Crippen molar-refractivity contribution < 1.29 is 13.2 Å². The fourth-order valence-electron chi connectivity index (χ4n) is 4.88. The third-order valence-corrected chi connectivity index (χ3v) is 8.14. The second-order valence-corrected chi connectivity index (χ2v) is 12.1. The molecule has 1 amide bonds. The molecule has 7 nitrogen and oxygen atoms in total. The second-order valence-electron chi connectivity index (χ2n) is 9.66. The number of benzene rings is 2. The molecule has 1 aliphatic rings. The lowest BCUT2D eigenvalue weighted by atomic mass is 10.0. The van der Waals surface area contributed by atoms with E-state index in [1.807, 2.05) is 35.8 Å². The van der Waals surface area contributed by atoms with Gasteiger partial charge in [0, 0.05) is 56.1 Å². The zero-order chi connectivity index (χ0) is 26.9. The smallest absolute Gasteiger partial charge is 0.326 e. The molecule has 0 spiro atoms. The zero-order valence-electron chi connectivity index (χ0n) is 21.3. The number of nitrogens with zero attached hydrogens (tertiary/aromatic N) is 3. The highest BCUT2D eigenvalue weighted by Crippen LogP contribution is 2.31. The first-order chi connectivity index (χ1) is 18.2. The average Bonchev–Trinajstić information content (AvgIpc) is 3.20. The molecule has 196 valence electrons. The molecule has 0 fully saturated rings. The lowest BCUT2D eigenvalue weighted by Gasteiger charge is -2.27. The van der Waals surface area contributed by atoms with Gasteiger partial charge in [-0.1, -0.05) is 48.0 Å². The highest BCUT2D eigenvalue weighted by Gasteiger charge is 2.26. The fourth-order valence-corrected chi connectivity index (χ4v) is 5.71. The van der Waals surface area contributed by atoms with Crippen LogP contribution in [0, 0.1) is 6.92 Å². The minimum atomic E-state index is -3.20. The number of hydrogen-bond acceptors (Lipinski definition) is 5. The van der Waals surface area contributed by atoms with Gasteiger partial charge in [-0.15, -0.1) is 0 Å². The summed E-state index contributed by atoms with van der Waals surface area (Å²) in [5, 5.41) is 4.54. The number of rotatable bonds is 6. The molecule has 2 aromatic carbocycles. The Labute approximate surface area is 227 Å². The van der Waals surface area contributed by atoms with Gasteiger partial charge in [-0.2, -0.15) is 0 Å². The van der Waals surface area contributed by atoms with E-state index < -0.39 is 9.84 Å². The minimum absolute atomic E-state index is 0.152. The molecule has 1 aliphatic heterocycles. The van der Waals surface area contributed by atoms with Crippen molar-refractivity contribution in [1.29, 1.82) is 0 Å². The number of amides is 1. The summed E-state index contributed by atoms with van der Waals surface area (Å²) in [7, 11) is -3.20. The van der Waals surface area contributed by atoms with E-state index in [-0.39, 0.29) is 6.03 Å². The molecule has 1 N–H and O–H groups in total. The Bertz CT molecular complexity index is 1640. The van der Waals surface area contributed by atoms with Crippen LogP contribution in [-0.4, -0.2) is 48.2 Å². The number of fused-ring (bicyclic) bond motifs is 3. The lowest BCUT2D eigenvalue weighted by Crippen LogP contribution is -2.34. The maximum absolute atomic E-state index is 13.4. The van der Waals surface area contributed by atoms with E-state index in [2.05, 4.69) is 39.5 Å². The van der Waals surface area contributed by atoms with Crippen molar-refractivity contribution in [1.82, 2.24) is 19.8 Å². The Balaban J connectivity index is 1.33. The van der Waals surface area contributed by atoms with E-state index in [1.165, 1.54) is 11.8 Å². The quantitative estimate of drug-likeness (QED) is 0.333. The van der Waals surface area contributed by atoms with Crippen LogP contribution in [0.4, 0.5) is 4.79 Å². The summed E-state index contributed by atoms with van der Waals surface area (Å²) in [4.78, 5) is 20.1. The van der Waals surface area contributed by atoms with Crippen LogP contribution in [0.15, 0.2) is 71.8 Å². The molecule has 38 heavy (non-hydrogen) atoms. The number of aromatic nitrogens is 2. The predicted octanol–water partition coefficient (Wildman–Crippen LogP) is 5.23. The fraction of sp³-hybridized carbons (Fsp3) is 0.241. The monoisotopic (exact) mass is 548 g/mol. The third kappa shape index (κ3) is 5.67. The predicted molar refractivity (Wildman–Crippen MR) is 151 cm³/mol. The summed E-state index contributed by atoms with van der Waals surface area (Å²) in [6, 6.07) is 16.6. The van der Waals surface area contributed by atoms with Crippen LogP contribution >= 0.6 is 11.6 Å². The number of halogens is 1. The summed E-state index contributed by atoms with van der Waals surface area (Å²) in [6.07, 6.45) is 7.70. The molecule has 0 saturated carbocycles. The first kappa shape index (κ1) is 26.2. The van der Waals surface area contributed by atoms with Gasteiger partial charge >= 0.3 is 6.03 Å². The maximum Gasteiger partial charge on any atom is 0.326 e. The summed E-state index contributed by atoms with van der Waals surface area (Å²) in [6.45, 7) is 4.72. The van der Waals surface area contributed by atoms with Crippen molar-refractivity contribution in [2.24, 2.45) is 0 Å². The topological polar surface area (TPSA) is 84.3 Å². The third-order valence-electron chi connectivity index (χ3n) is 6.80. The minimum Gasteiger partial charge on any atom is -0.333 e. The van der Waals surface area contributed by atoms with E-state index in [4.69, 9.17) is 11.6 Å². The van der Waals surface area contributed by atoms with Crippen molar-refractivity contribution in [2.75, 3.05) is 19.3 Å². The van der Waals surface area contributed by atoms with Crippen LogP contribution in [0.25, 0.3) is 17.0 Å². The molecule has 5 rings (SSSR count). The lowest BCUT2D eigenvalue weighted by molar-refractivity contribution is 0.240. The van der Waals surface area contributed by atoms with Crippen molar-refractivity contribution in [3.8, 4) is 0 Å². The molecule has 0 aliphatic carbocycles. The van der Waals surface area contributed by atoms with E-state index in [9.17, 15) is 13.2 Å². The molecule has 0 atom stereocenters. The number of aryl methyl sites for hydroxylation is 1. The maximum atomic E-state index is 13.4. The number of pyridine rings is 1. The molecule has 2 aromatic heterocycles. The molecule has 3 heterocycles. The van der Waals surface area contributed by atoms with E-state index in [0.29, 0.717) is 16.6 Å². The summed E-state index contributed by atoms with van der Waals surface area (Å²) in [5.74, 6) is 0. The van der Waals surface area contributed by atoms with Crippen LogP contribution in [0.2, 0.25) is 5.15 Å². The first-order valence-electron chi connectivity index (χ1n) is 12.4. The van der Waals surface area contributed by atoms with Gasteiger partial charge in [0.1, 0.15) is 5.15 Å². The SMILES string of the molecule is Cc1ccc2c3c(n(C(=O)NCc4ccnc(Cl)c4)c2c1)CCN(C/C=C/c1ccc(S(C)(=O)=O)cc1)C3. The van der Waals surface area contributed by atoms with Crippen molar-refractivity contribution in [3.63, 3.8) is 0 Å². The summed E-state index contributed by atoms with van der Waals surface area (Å²) in [5.41, 5.74) is 6.09. The van der Waals surface area contributed by atoms with Crippen molar-refractivity contribution >= 4 is 44.4 Å². The number of carbonyl (C=O) groups is 1. The highest BCUT2D eigenvalue weighted by molar-refractivity contribution is 7.90. The molecule has 0 unspecified atom stereocenters. The Hall–Kier alpha value is -3.46. The Morgan fingerprint density at radius 1 is 1.13 bits per heavy atom. The molecule has 0 bridgehead atoms. The van der Waals surface area contributed by atoms with Gasteiger partial charge in [-0.25, -0.2) is 18.2 Å². The Morgan fingerprint density at radius 3 is 2.66 bits per heavy atom. The van der Waals surface area contributed by atoms with Gasteiger partial charge in [0.2, 0.25) is 0 Å². The normalized spacial score (nSPS) is 14.2. The highest BCUT2D eigenvalue weighted by atomic mass is 35.5. The molecule has 0 saturated heterocycles. The van der Waals surface area contributed by atoms with Gasteiger partial charge in [0.25, 0.3) is 0 Å². The van der Waals surface area contributed by atoms with Gasteiger partial charge < -0.3 is 5.32 Å². The van der Waals surface area contributed by atoms with E-state index >= 15 is 0 Å². The van der Waals surface area contributed by atoms with E-state index in [1.54, 1.807) is 24.4 Å². The zero-order valence-corrected chi connectivity index (χ0v) is 22.9. The Morgan fingerprint density at radius 2 is 1.92 bits per heavy atom. The standard InChI is InChI=1S/C29H29ClN4O3S/c1-20-5-10-24-25-19-33(14-3-4-21-6-8-23(9-7-21)38(2,36)37)15-12-26(25)34(27(24)16-20)29(35)32-18-22-11-13-31-28(30)17-22/h3-11,13,16-17H,12,14-15,18-19H2,1-2H3,(H,32,35)/b4-3+. The Kier molecular flexibility index (Phi) is 7.38. The van der Waals surface area contributed by atoms with Crippen molar-refractivity contribution in [3.05, 3.63) is 100.0 Å². The van der Waals surface area contributed by atoms with E-state index in [0.717, 1.165) is 59.3 Å². The van der Waals surface area contributed by atoms with Gasteiger partial charge in [-0.3, -0.25) is 9.47 Å². The average molecular weight is 549 g/mol. The van der Waals surface area contributed by atoms with Crippen LogP contribution in [0.3, 0.4) is 0 Å². The number of sulfone groups is 1. The molecule has 4 aromatic rings. The number of hydrogen-bond donors (Lipinski definition) is 1. The molecular weight excluding hydrogens is 520 g/mol. The van der Waals surface area contributed by atoms with Gasteiger partial charge in [-0.05, 0) is 59.5 Å². The number of carbonyl (C=O) groups excluding carboxylic acids is 1. The summed E-state index contributed by atoms with van der Waals surface area (Å²) >= 11 is 6.00. The molecule has 9 heteroatoms. The van der Waals surface area contributed by atoms with Gasteiger partial charge in [0.05, 0.1) is 10.4 Å². The van der Waals surface area contributed by atoms with Crippen LogP contribution in [0.5, 0.6) is 0 Å². The first-order valence-corrected chi connectivity index (χ1v) is 14.7. The second kappa shape index (κ2) is 10.7. The largest absolute Gasteiger partial charge is 0.333 e. The molecule has 0 radical (unpaired) electrons. The van der Waals surface area contributed by atoms with Crippen molar-refractivity contribution in [2.45, 2.75) is 31.3 Å². The number of nitrogens with one attached hydrogen (secondary N) is 1. The van der Waals surface area contributed by atoms with Crippen LogP contribution in [-0.2, 0) is 29.3 Å². The van der Waals surface area contributed by atoms with Gasteiger partial charge in [0.15, 0.2) is 9.84 Å². The molecular formula is C29H29ClN4O3S. The van der Waals surface area contributed by atoms with Crippen LogP contribution in [0.1, 0.15) is 27.9 Å². The van der Waals surface area contributed by atoms with Crippen LogP contribution < -0.4 is 5.32 Å².